The lowest BCUT2D eigenvalue weighted by Gasteiger charge is -2.42. The molecule has 0 atom stereocenters. The Morgan fingerprint density at radius 2 is 1.58 bits per heavy atom. The summed E-state index contributed by atoms with van der Waals surface area (Å²) in [5.74, 6) is 0.127. The third kappa shape index (κ3) is 4.36. The number of nitrogens with zero attached hydrogens (tertiary/aromatic N) is 3. The van der Waals surface area contributed by atoms with Gasteiger partial charge in [0.1, 0.15) is 0 Å². The van der Waals surface area contributed by atoms with Crippen LogP contribution in [0.3, 0.4) is 0 Å². The van der Waals surface area contributed by atoms with E-state index in [0.29, 0.717) is 12.6 Å². The number of likely N-dealkylation sites (tertiary alicyclic amines) is 1. The lowest BCUT2D eigenvalue weighted by atomic mass is 10.0. The summed E-state index contributed by atoms with van der Waals surface area (Å²) in [6, 6.07) is 8.30. The first-order valence-electron chi connectivity index (χ1n) is 9.60. The average molecular weight is 359 g/mol. The average Bonchev–Trinajstić information content (AvgIpc) is 2.68. The fourth-order valence-electron chi connectivity index (χ4n) is 3.80. The van der Waals surface area contributed by atoms with Gasteiger partial charge in [-0.05, 0) is 38.8 Å². The second kappa shape index (κ2) is 8.54. The second-order valence-electron chi connectivity index (χ2n) is 7.11. The van der Waals surface area contributed by atoms with Crippen LogP contribution in [0.15, 0.2) is 24.3 Å². The molecule has 6 heteroatoms. The number of hydrogen-bond acceptors (Lipinski definition) is 4. The van der Waals surface area contributed by atoms with Gasteiger partial charge in [-0.2, -0.15) is 0 Å². The van der Waals surface area contributed by atoms with Gasteiger partial charge in [0.2, 0.25) is 0 Å². The molecule has 0 saturated carbocycles. The topological polar surface area (TPSA) is 53.1 Å². The Hall–Kier alpha value is -2.08. The first-order valence-corrected chi connectivity index (χ1v) is 9.60. The van der Waals surface area contributed by atoms with Gasteiger partial charge in [0, 0.05) is 50.9 Å². The number of piperazine rings is 1. The van der Waals surface area contributed by atoms with Gasteiger partial charge >= 0.3 is 6.09 Å². The van der Waals surface area contributed by atoms with E-state index < -0.39 is 0 Å². The molecule has 6 nitrogen and oxygen atoms in total. The zero-order valence-electron chi connectivity index (χ0n) is 15.8. The Labute approximate surface area is 155 Å². The number of aryl methyl sites for hydroxylation is 1. The van der Waals surface area contributed by atoms with E-state index in [0.717, 1.165) is 57.7 Å². The molecule has 0 bridgehead atoms. The van der Waals surface area contributed by atoms with Gasteiger partial charge in [-0.15, -0.1) is 0 Å². The molecule has 2 aliphatic rings. The fourth-order valence-corrected chi connectivity index (χ4v) is 3.80. The van der Waals surface area contributed by atoms with Crippen molar-refractivity contribution < 1.29 is 14.3 Å². The molecule has 0 unspecified atom stereocenters. The van der Waals surface area contributed by atoms with Gasteiger partial charge in [0.05, 0.1) is 6.61 Å². The van der Waals surface area contributed by atoms with Crippen LogP contribution in [0.5, 0.6) is 0 Å². The highest BCUT2D eigenvalue weighted by atomic mass is 16.6. The van der Waals surface area contributed by atoms with Gasteiger partial charge in [0.15, 0.2) is 0 Å². The first kappa shape index (κ1) is 18.7. The van der Waals surface area contributed by atoms with E-state index in [-0.39, 0.29) is 12.0 Å². The van der Waals surface area contributed by atoms with Crippen molar-refractivity contribution in [2.75, 3.05) is 45.9 Å². The number of amides is 2. The number of ether oxygens (including phenoxy) is 1. The van der Waals surface area contributed by atoms with Crippen molar-refractivity contribution in [3.8, 4) is 0 Å². The third-order valence-electron chi connectivity index (χ3n) is 5.41. The van der Waals surface area contributed by atoms with Crippen molar-refractivity contribution in [2.45, 2.75) is 32.7 Å². The molecule has 0 aromatic heterocycles. The monoisotopic (exact) mass is 359 g/mol. The summed E-state index contributed by atoms with van der Waals surface area (Å²) >= 11 is 0. The van der Waals surface area contributed by atoms with Crippen molar-refractivity contribution in [1.82, 2.24) is 14.7 Å². The maximum Gasteiger partial charge on any atom is 0.409 e. The lowest BCUT2D eigenvalue weighted by molar-refractivity contribution is 0.0417. The standard InChI is InChI=1S/C20H29N3O3/c1-3-26-20(25)23-10-8-18(9-11-23)21-12-14-22(15-13-21)19(24)17-6-4-16(2)5-7-17/h4-7,18H,3,8-15H2,1-2H3. The Morgan fingerprint density at radius 3 is 2.15 bits per heavy atom. The van der Waals surface area contributed by atoms with E-state index in [1.54, 1.807) is 4.90 Å². The van der Waals surface area contributed by atoms with Crippen LogP contribution in [0, 0.1) is 6.92 Å². The van der Waals surface area contributed by atoms with Crippen LogP contribution in [0.2, 0.25) is 0 Å². The number of carbonyl (C=O) groups is 2. The predicted molar refractivity (Wildman–Crippen MR) is 100 cm³/mol. The molecule has 0 N–H and O–H groups in total. The summed E-state index contributed by atoms with van der Waals surface area (Å²) in [7, 11) is 0. The zero-order chi connectivity index (χ0) is 18.5. The molecule has 1 aromatic carbocycles. The van der Waals surface area contributed by atoms with Crippen molar-refractivity contribution in [1.29, 1.82) is 0 Å². The summed E-state index contributed by atoms with van der Waals surface area (Å²) in [6.07, 6.45) is 1.76. The molecule has 142 valence electrons. The van der Waals surface area contributed by atoms with Crippen LogP contribution >= 0.6 is 0 Å². The highest BCUT2D eigenvalue weighted by molar-refractivity contribution is 5.94. The Balaban J connectivity index is 1.46. The molecule has 2 amide bonds. The summed E-state index contributed by atoms with van der Waals surface area (Å²) in [5, 5.41) is 0. The lowest BCUT2D eigenvalue weighted by Crippen LogP contribution is -2.54. The Morgan fingerprint density at radius 1 is 0.962 bits per heavy atom. The van der Waals surface area contributed by atoms with Crippen molar-refractivity contribution in [2.24, 2.45) is 0 Å². The quantitative estimate of drug-likeness (QED) is 0.831. The Kier molecular flexibility index (Phi) is 6.14. The van der Waals surface area contributed by atoms with Gasteiger partial charge in [-0.25, -0.2) is 4.79 Å². The van der Waals surface area contributed by atoms with E-state index in [9.17, 15) is 9.59 Å². The molecule has 2 fully saturated rings. The van der Waals surface area contributed by atoms with Gasteiger partial charge in [-0.3, -0.25) is 9.69 Å². The van der Waals surface area contributed by atoms with Crippen LogP contribution < -0.4 is 0 Å². The smallest absolute Gasteiger partial charge is 0.409 e. The SMILES string of the molecule is CCOC(=O)N1CCC(N2CCN(C(=O)c3ccc(C)cc3)CC2)CC1. The highest BCUT2D eigenvalue weighted by Crippen LogP contribution is 2.19. The molecular weight excluding hydrogens is 330 g/mol. The number of piperidine rings is 1. The number of benzene rings is 1. The van der Waals surface area contributed by atoms with Crippen LogP contribution in [0.25, 0.3) is 0 Å². The molecule has 2 saturated heterocycles. The summed E-state index contributed by atoms with van der Waals surface area (Å²) in [4.78, 5) is 30.7. The van der Waals surface area contributed by atoms with Gasteiger partial charge in [0.25, 0.3) is 5.91 Å². The predicted octanol–water partition coefficient (Wildman–Crippen LogP) is 2.37. The molecule has 26 heavy (non-hydrogen) atoms. The van der Waals surface area contributed by atoms with Crippen LogP contribution in [-0.2, 0) is 4.74 Å². The van der Waals surface area contributed by atoms with E-state index in [2.05, 4.69) is 4.90 Å². The highest BCUT2D eigenvalue weighted by Gasteiger charge is 2.30. The minimum absolute atomic E-state index is 0.127. The van der Waals surface area contributed by atoms with E-state index in [4.69, 9.17) is 4.74 Å². The summed E-state index contributed by atoms with van der Waals surface area (Å²) < 4.78 is 5.08. The van der Waals surface area contributed by atoms with E-state index in [1.807, 2.05) is 43.0 Å². The van der Waals surface area contributed by atoms with Crippen LogP contribution in [0.4, 0.5) is 4.79 Å². The van der Waals surface area contributed by atoms with Gasteiger partial charge in [-0.1, -0.05) is 17.7 Å². The van der Waals surface area contributed by atoms with Crippen molar-refractivity contribution in [3.63, 3.8) is 0 Å². The summed E-state index contributed by atoms with van der Waals surface area (Å²) in [5.41, 5.74) is 1.94. The molecule has 0 radical (unpaired) electrons. The maximum absolute atomic E-state index is 12.6. The van der Waals surface area contributed by atoms with Crippen molar-refractivity contribution in [3.05, 3.63) is 35.4 Å². The first-order chi connectivity index (χ1) is 12.6. The molecule has 0 spiro atoms. The zero-order valence-corrected chi connectivity index (χ0v) is 15.8. The number of rotatable bonds is 3. The third-order valence-corrected chi connectivity index (χ3v) is 5.41. The molecule has 3 rings (SSSR count). The normalized spacial score (nSPS) is 19.5. The Bertz CT molecular complexity index is 616. The second-order valence-corrected chi connectivity index (χ2v) is 7.11. The van der Waals surface area contributed by atoms with Crippen LogP contribution in [0.1, 0.15) is 35.7 Å². The molecule has 2 aliphatic heterocycles. The van der Waals surface area contributed by atoms with Crippen molar-refractivity contribution >= 4 is 12.0 Å². The van der Waals surface area contributed by atoms with Crippen LogP contribution in [-0.4, -0.2) is 78.6 Å². The van der Waals surface area contributed by atoms with Gasteiger partial charge < -0.3 is 14.5 Å². The summed E-state index contributed by atoms with van der Waals surface area (Å²) in [6.45, 7) is 9.15. The number of hydrogen-bond donors (Lipinski definition) is 0. The molecule has 0 aliphatic carbocycles. The van der Waals surface area contributed by atoms with E-state index in [1.165, 1.54) is 5.56 Å². The fraction of sp³-hybridized carbons (Fsp3) is 0.600. The number of carbonyl (C=O) groups excluding carboxylic acids is 2. The minimum Gasteiger partial charge on any atom is -0.450 e. The van der Waals surface area contributed by atoms with E-state index >= 15 is 0 Å². The molecule has 1 aromatic rings. The molecule has 2 heterocycles. The molecular formula is C20H29N3O3. The maximum atomic E-state index is 12.6. The minimum atomic E-state index is -0.195. The largest absolute Gasteiger partial charge is 0.450 e.